The van der Waals surface area contributed by atoms with Crippen LogP contribution in [-0.4, -0.2) is 70.5 Å². The van der Waals surface area contributed by atoms with E-state index in [4.69, 9.17) is 4.98 Å². The number of piperazine rings is 1. The number of carbonyl (C=O) groups excluding carboxylic acids is 1. The maximum Gasteiger partial charge on any atom is 0.355 e. The molecule has 0 radical (unpaired) electrons. The molecule has 5 aromatic rings. The van der Waals surface area contributed by atoms with Crippen LogP contribution in [-0.2, 0) is 11.2 Å². The lowest BCUT2D eigenvalue weighted by atomic mass is 9.98. The highest BCUT2D eigenvalue weighted by Crippen LogP contribution is 2.37. The molecule has 1 aromatic carbocycles. The van der Waals surface area contributed by atoms with Crippen LogP contribution in [0.1, 0.15) is 50.6 Å². The van der Waals surface area contributed by atoms with E-state index in [9.17, 15) is 9.59 Å². The molecule has 0 spiro atoms. The first kappa shape index (κ1) is 29.4. The van der Waals surface area contributed by atoms with E-state index in [-0.39, 0.29) is 58.4 Å². The van der Waals surface area contributed by atoms with E-state index < -0.39 is 17.3 Å². The van der Waals surface area contributed by atoms with E-state index in [0.717, 1.165) is 0 Å². The van der Waals surface area contributed by atoms with Crippen molar-refractivity contribution < 1.29 is 13.6 Å². The van der Waals surface area contributed by atoms with Gasteiger partial charge in [-0.25, -0.2) is 27.8 Å². The summed E-state index contributed by atoms with van der Waals surface area (Å²) in [4.78, 5) is 44.4. The molecule has 0 N–H and O–H groups in total. The molecule has 2 atom stereocenters. The zero-order chi connectivity index (χ0) is 32.4. The summed E-state index contributed by atoms with van der Waals surface area (Å²) in [7, 11) is 0. The highest BCUT2D eigenvalue weighted by molar-refractivity contribution is 5.92. The molecular weight excluding hydrogens is 592 g/mol. The van der Waals surface area contributed by atoms with E-state index in [1.165, 1.54) is 22.8 Å². The van der Waals surface area contributed by atoms with Crippen molar-refractivity contribution in [2.75, 3.05) is 18.0 Å². The highest BCUT2D eigenvalue weighted by Gasteiger charge is 2.35. The van der Waals surface area contributed by atoms with Gasteiger partial charge in [0.25, 0.3) is 0 Å². The third-order valence-electron chi connectivity index (χ3n) is 8.71. The minimum atomic E-state index is -0.774. The molecule has 0 aliphatic carbocycles. The molecular formula is C33H31F2N9O2. The number of fused-ring (bicyclic) bond motifs is 8. The van der Waals surface area contributed by atoms with Crippen LogP contribution in [0.25, 0.3) is 33.7 Å². The maximum atomic E-state index is 16.4. The van der Waals surface area contributed by atoms with Gasteiger partial charge in [-0.2, -0.15) is 4.98 Å². The molecule has 46 heavy (non-hydrogen) atoms. The van der Waals surface area contributed by atoms with Gasteiger partial charge in [0.05, 0.1) is 34.3 Å². The zero-order valence-corrected chi connectivity index (χ0v) is 25.8. The molecule has 11 nitrogen and oxygen atoms in total. The molecule has 0 unspecified atom stereocenters. The fourth-order valence-electron chi connectivity index (χ4n) is 6.52. The second-order valence-electron chi connectivity index (χ2n) is 12.1. The second-order valence-corrected chi connectivity index (χ2v) is 12.1. The fraction of sp³-hybridized carbons (Fsp3) is 0.303. The molecule has 1 saturated heterocycles. The quantitative estimate of drug-likeness (QED) is 0.268. The van der Waals surface area contributed by atoms with E-state index in [2.05, 4.69) is 26.9 Å². The van der Waals surface area contributed by atoms with Crippen LogP contribution in [0.15, 0.2) is 60.2 Å². The summed E-state index contributed by atoms with van der Waals surface area (Å²) in [5, 5.41) is 8.92. The van der Waals surface area contributed by atoms with Crippen LogP contribution in [0.2, 0.25) is 0 Å². The number of aromatic nitrogens is 7. The van der Waals surface area contributed by atoms with Gasteiger partial charge in [-0.3, -0.25) is 9.78 Å². The molecule has 234 valence electrons. The van der Waals surface area contributed by atoms with Gasteiger partial charge < -0.3 is 9.80 Å². The lowest BCUT2D eigenvalue weighted by Crippen LogP contribution is -2.58. The highest BCUT2D eigenvalue weighted by atomic mass is 19.1. The SMILES string of the molecule is C=CC(=O)N1C[C@H](C)N(c2nc(=O)n3c4nc(c(F)cc24)-c2c(F)cccc2Cc2cn(nn2)-c2ccnc(C(C)C)c2-3)C[C@H]1C. The van der Waals surface area contributed by atoms with Gasteiger partial charge in [0, 0.05) is 43.4 Å². The van der Waals surface area contributed by atoms with E-state index in [1.54, 1.807) is 40.2 Å². The summed E-state index contributed by atoms with van der Waals surface area (Å²) in [5.74, 6) is -1.56. The van der Waals surface area contributed by atoms with Crippen molar-refractivity contribution in [1.82, 2.24) is 39.4 Å². The Hall–Kier alpha value is -5.33. The predicted octanol–water partition coefficient (Wildman–Crippen LogP) is 4.34. The van der Waals surface area contributed by atoms with Crippen molar-refractivity contribution in [3.05, 3.63) is 94.5 Å². The second kappa shape index (κ2) is 10.9. The smallest absolute Gasteiger partial charge is 0.349 e. The molecule has 4 bridgehead atoms. The first-order valence-electron chi connectivity index (χ1n) is 15.1. The number of halogens is 2. The summed E-state index contributed by atoms with van der Waals surface area (Å²) >= 11 is 0. The van der Waals surface area contributed by atoms with Gasteiger partial charge in [-0.05, 0) is 49.6 Å². The number of hydrogen-bond acceptors (Lipinski definition) is 8. The zero-order valence-electron chi connectivity index (χ0n) is 25.8. The lowest BCUT2D eigenvalue weighted by Gasteiger charge is -2.44. The molecule has 13 heteroatoms. The summed E-state index contributed by atoms with van der Waals surface area (Å²) in [5.41, 5.74) is 1.54. The fourth-order valence-corrected chi connectivity index (χ4v) is 6.52. The van der Waals surface area contributed by atoms with Gasteiger partial charge in [0.15, 0.2) is 5.65 Å². The van der Waals surface area contributed by atoms with Crippen molar-refractivity contribution in [3.8, 4) is 22.6 Å². The number of nitrogens with zero attached hydrogens (tertiary/aromatic N) is 9. The van der Waals surface area contributed by atoms with Crippen LogP contribution in [0, 0.1) is 11.6 Å². The normalized spacial score (nSPS) is 17.5. The van der Waals surface area contributed by atoms with Gasteiger partial charge in [-0.15, -0.1) is 5.10 Å². The van der Waals surface area contributed by atoms with E-state index in [1.807, 2.05) is 32.6 Å². The van der Waals surface area contributed by atoms with Crippen LogP contribution in [0.3, 0.4) is 0 Å². The Balaban J connectivity index is 1.59. The van der Waals surface area contributed by atoms with Crippen LogP contribution in [0.4, 0.5) is 14.6 Å². The molecule has 2 aliphatic rings. The lowest BCUT2D eigenvalue weighted by molar-refractivity contribution is -0.128. The molecule has 2 aliphatic heterocycles. The Morgan fingerprint density at radius 2 is 1.89 bits per heavy atom. The van der Waals surface area contributed by atoms with Crippen LogP contribution >= 0.6 is 0 Å². The van der Waals surface area contributed by atoms with Gasteiger partial charge in [-0.1, -0.05) is 37.8 Å². The third-order valence-corrected chi connectivity index (χ3v) is 8.71. The van der Waals surface area contributed by atoms with Crippen LogP contribution in [0.5, 0.6) is 0 Å². The first-order chi connectivity index (χ1) is 22.1. The number of anilines is 1. The Morgan fingerprint density at radius 3 is 2.65 bits per heavy atom. The molecule has 6 heterocycles. The number of amides is 1. The molecule has 1 amide bonds. The third kappa shape index (κ3) is 4.56. The summed E-state index contributed by atoms with van der Waals surface area (Å²) in [6, 6.07) is 6.95. The Bertz CT molecular complexity index is 2120. The van der Waals surface area contributed by atoms with Crippen molar-refractivity contribution in [2.45, 2.75) is 52.1 Å². The van der Waals surface area contributed by atoms with E-state index >= 15 is 8.78 Å². The molecule has 1 fully saturated rings. The minimum absolute atomic E-state index is 0.0246. The Morgan fingerprint density at radius 1 is 1.09 bits per heavy atom. The van der Waals surface area contributed by atoms with Crippen molar-refractivity contribution in [3.63, 3.8) is 0 Å². The Kier molecular flexibility index (Phi) is 6.98. The monoisotopic (exact) mass is 623 g/mol. The molecule has 7 rings (SSSR count). The van der Waals surface area contributed by atoms with Crippen molar-refractivity contribution >= 4 is 22.8 Å². The summed E-state index contributed by atoms with van der Waals surface area (Å²) in [6.07, 6.45) is 4.78. The van der Waals surface area contributed by atoms with Gasteiger partial charge in [0.2, 0.25) is 5.91 Å². The van der Waals surface area contributed by atoms with E-state index in [0.29, 0.717) is 41.4 Å². The largest absolute Gasteiger partial charge is 0.355 e. The number of benzene rings is 1. The average molecular weight is 624 g/mol. The minimum Gasteiger partial charge on any atom is -0.349 e. The number of pyridine rings is 2. The number of carbonyl (C=O) groups is 1. The maximum absolute atomic E-state index is 16.4. The molecule has 0 saturated carbocycles. The number of hydrogen-bond donors (Lipinski definition) is 0. The molecule has 4 aromatic heterocycles. The average Bonchev–Trinajstić information content (AvgIpc) is 3.49. The Labute approximate surface area is 262 Å². The van der Waals surface area contributed by atoms with Gasteiger partial charge in [0.1, 0.15) is 23.1 Å². The summed E-state index contributed by atoms with van der Waals surface area (Å²) in [6.45, 7) is 12.0. The summed E-state index contributed by atoms with van der Waals surface area (Å²) < 4.78 is 34.9. The van der Waals surface area contributed by atoms with Crippen LogP contribution < -0.4 is 10.6 Å². The van der Waals surface area contributed by atoms with Crippen molar-refractivity contribution in [1.29, 1.82) is 0 Å². The first-order valence-corrected chi connectivity index (χ1v) is 15.1. The standard InChI is InChI=1S/C33H31F2N9O2/c1-6-26(45)41-14-19(5)42(15-18(41)4)31-22-13-24(35)29-27-20(8-7-9-23(27)34)12-21-16-43(40-39-21)25-10-11-36-28(17(2)3)30(25)44(32(22)37-29)33(46)38-31/h6-11,13,16-19H,1,12,14-15H2,2-5H3/t18-,19+/m1/s1. The van der Waals surface area contributed by atoms with Gasteiger partial charge >= 0.3 is 5.69 Å². The number of rotatable bonds is 3. The van der Waals surface area contributed by atoms with Crippen molar-refractivity contribution in [2.24, 2.45) is 0 Å². The topological polar surface area (TPSA) is 115 Å². The predicted molar refractivity (Wildman–Crippen MR) is 168 cm³/mol.